The van der Waals surface area contributed by atoms with E-state index in [2.05, 4.69) is 10.6 Å². The first-order valence-corrected chi connectivity index (χ1v) is 7.63. The summed E-state index contributed by atoms with van der Waals surface area (Å²) in [5.74, 6) is 0. The van der Waals surface area contributed by atoms with Gasteiger partial charge in [-0.15, -0.1) is 0 Å². The number of hydrogen-bond donors (Lipinski definition) is 2. The maximum atomic E-state index is 11.8. The van der Waals surface area contributed by atoms with Gasteiger partial charge in [-0.05, 0) is 40.0 Å². The van der Waals surface area contributed by atoms with Crippen LogP contribution in [0.2, 0.25) is 0 Å². The number of carbonyl (C=O) groups excluding carboxylic acids is 1. The third kappa shape index (κ3) is 4.37. The fourth-order valence-corrected chi connectivity index (χ4v) is 3.32. The Hall–Kier alpha value is -0.770. The van der Waals surface area contributed by atoms with Gasteiger partial charge in [0.15, 0.2) is 0 Å². The molecule has 1 heterocycles. The van der Waals surface area contributed by atoms with E-state index in [1.807, 2.05) is 20.8 Å². The van der Waals surface area contributed by atoms with Gasteiger partial charge >= 0.3 is 6.09 Å². The number of carbonyl (C=O) groups is 1. The molecule has 4 heteroatoms. The van der Waals surface area contributed by atoms with Crippen molar-refractivity contribution >= 4 is 6.09 Å². The lowest BCUT2D eigenvalue weighted by Gasteiger charge is -2.28. The van der Waals surface area contributed by atoms with Crippen molar-refractivity contribution in [3.8, 4) is 0 Å². The van der Waals surface area contributed by atoms with Crippen molar-refractivity contribution in [2.45, 2.75) is 82.9 Å². The molecule has 0 aromatic heterocycles. The maximum Gasteiger partial charge on any atom is 0.407 e. The van der Waals surface area contributed by atoms with Crippen LogP contribution in [0.15, 0.2) is 0 Å². The molecular weight excluding hydrogens is 240 g/mol. The molecule has 1 amide bonds. The molecule has 2 fully saturated rings. The van der Waals surface area contributed by atoms with Gasteiger partial charge in [-0.2, -0.15) is 0 Å². The molecule has 1 spiro atoms. The van der Waals surface area contributed by atoms with Gasteiger partial charge in [0.2, 0.25) is 0 Å². The highest BCUT2D eigenvalue weighted by Gasteiger charge is 2.39. The van der Waals surface area contributed by atoms with Gasteiger partial charge in [-0.3, -0.25) is 0 Å². The second kappa shape index (κ2) is 5.70. The fraction of sp³-hybridized carbons (Fsp3) is 0.933. The normalized spacial score (nSPS) is 27.0. The van der Waals surface area contributed by atoms with Crippen LogP contribution in [0.3, 0.4) is 0 Å². The summed E-state index contributed by atoms with van der Waals surface area (Å²) in [5.41, 5.74) is -0.147. The van der Waals surface area contributed by atoms with Crippen LogP contribution in [-0.2, 0) is 4.74 Å². The molecule has 1 saturated carbocycles. The minimum atomic E-state index is -0.421. The molecule has 0 aromatic carbocycles. The van der Waals surface area contributed by atoms with Crippen LogP contribution in [0.5, 0.6) is 0 Å². The standard InChI is InChI=1S/C15H28N2O2/c1-14(2,3)19-13(18)17-12-10-15(16-11-12)8-6-4-5-7-9-15/h12,16H,4-11H2,1-3H3,(H,17,18). The van der Waals surface area contributed by atoms with Crippen molar-refractivity contribution in [1.82, 2.24) is 10.6 Å². The predicted octanol–water partition coefficient (Wildman–Crippen LogP) is 2.97. The molecule has 4 nitrogen and oxygen atoms in total. The molecule has 110 valence electrons. The molecule has 0 radical (unpaired) electrons. The van der Waals surface area contributed by atoms with Crippen LogP contribution in [0.25, 0.3) is 0 Å². The molecule has 1 atom stereocenters. The molecule has 1 unspecified atom stereocenters. The number of amides is 1. The molecular formula is C15H28N2O2. The molecule has 1 saturated heterocycles. The second-order valence-corrected chi connectivity index (χ2v) is 7.12. The van der Waals surface area contributed by atoms with Crippen LogP contribution in [0.1, 0.15) is 65.7 Å². The molecule has 19 heavy (non-hydrogen) atoms. The van der Waals surface area contributed by atoms with E-state index in [-0.39, 0.29) is 17.7 Å². The lowest BCUT2D eigenvalue weighted by Crippen LogP contribution is -2.40. The van der Waals surface area contributed by atoms with E-state index in [1.165, 1.54) is 38.5 Å². The fourth-order valence-electron chi connectivity index (χ4n) is 3.32. The predicted molar refractivity (Wildman–Crippen MR) is 76.2 cm³/mol. The number of rotatable bonds is 1. The summed E-state index contributed by atoms with van der Waals surface area (Å²) in [7, 11) is 0. The Labute approximate surface area is 116 Å². The first kappa shape index (κ1) is 14.6. The van der Waals surface area contributed by atoms with Gasteiger partial charge in [-0.1, -0.05) is 25.7 Å². The van der Waals surface area contributed by atoms with Gasteiger partial charge in [-0.25, -0.2) is 4.79 Å². The minimum Gasteiger partial charge on any atom is -0.444 e. The van der Waals surface area contributed by atoms with E-state index in [4.69, 9.17) is 4.74 Å². The van der Waals surface area contributed by atoms with Crippen LogP contribution in [0, 0.1) is 0 Å². The van der Waals surface area contributed by atoms with Crippen LogP contribution >= 0.6 is 0 Å². The van der Waals surface area contributed by atoms with E-state index in [1.54, 1.807) is 0 Å². The Balaban J connectivity index is 1.82. The van der Waals surface area contributed by atoms with Crippen molar-refractivity contribution in [2.75, 3.05) is 6.54 Å². The van der Waals surface area contributed by atoms with E-state index in [0.29, 0.717) is 0 Å². The average molecular weight is 268 g/mol. The topological polar surface area (TPSA) is 50.4 Å². The third-order valence-electron chi connectivity index (χ3n) is 4.14. The van der Waals surface area contributed by atoms with E-state index in [9.17, 15) is 4.79 Å². The lowest BCUT2D eigenvalue weighted by atomic mass is 9.88. The summed E-state index contributed by atoms with van der Waals surface area (Å²) in [6.07, 6.45) is 8.59. The van der Waals surface area contributed by atoms with Gasteiger partial charge in [0.05, 0.1) is 0 Å². The maximum absolute atomic E-state index is 11.8. The molecule has 0 bridgehead atoms. The Kier molecular flexibility index (Phi) is 4.39. The smallest absolute Gasteiger partial charge is 0.407 e. The van der Waals surface area contributed by atoms with Crippen LogP contribution < -0.4 is 10.6 Å². The lowest BCUT2D eigenvalue weighted by molar-refractivity contribution is 0.0506. The monoisotopic (exact) mass is 268 g/mol. The van der Waals surface area contributed by atoms with Gasteiger partial charge in [0.1, 0.15) is 5.60 Å². The summed E-state index contributed by atoms with van der Waals surface area (Å²) in [5, 5.41) is 6.66. The van der Waals surface area contributed by atoms with E-state index >= 15 is 0 Å². The molecule has 1 aliphatic heterocycles. The molecule has 0 aromatic rings. The molecule has 2 N–H and O–H groups in total. The van der Waals surface area contributed by atoms with Crippen LogP contribution in [-0.4, -0.2) is 29.8 Å². The van der Waals surface area contributed by atoms with Crippen LogP contribution in [0.4, 0.5) is 4.79 Å². The van der Waals surface area contributed by atoms with Crippen molar-refractivity contribution in [3.05, 3.63) is 0 Å². The van der Waals surface area contributed by atoms with E-state index in [0.717, 1.165) is 13.0 Å². The largest absolute Gasteiger partial charge is 0.444 e. The first-order valence-electron chi connectivity index (χ1n) is 7.63. The Morgan fingerprint density at radius 2 is 1.84 bits per heavy atom. The quantitative estimate of drug-likeness (QED) is 0.768. The highest BCUT2D eigenvalue weighted by molar-refractivity contribution is 5.68. The van der Waals surface area contributed by atoms with Crippen molar-refractivity contribution in [3.63, 3.8) is 0 Å². The zero-order chi connectivity index (χ0) is 13.9. The second-order valence-electron chi connectivity index (χ2n) is 7.12. The van der Waals surface area contributed by atoms with Gasteiger partial charge < -0.3 is 15.4 Å². The first-order chi connectivity index (χ1) is 8.89. The summed E-state index contributed by atoms with van der Waals surface area (Å²) < 4.78 is 5.32. The third-order valence-corrected chi connectivity index (χ3v) is 4.14. The number of alkyl carbamates (subject to hydrolysis) is 1. The Bertz CT molecular complexity index is 315. The summed E-state index contributed by atoms with van der Waals surface area (Å²) >= 11 is 0. The zero-order valence-corrected chi connectivity index (χ0v) is 12.6. The van der Waals surface area contributed by atoms with Crippen molar-refractivity contribution in [1.29, 1.82) is 0 Å². The Morgan fingerprint density at radius 1 is 1.21 bits per heavy atom. The van der Waals surface area contributed by atoms with Crippen molar-refractivity contribution in [2.24, 2.45) is 0 Å². The zero-order valence-electron chi connectivity index (χ0n) is 12.6. The van der Waals surface area contributed by atoms with Gasteiger partial charge in [0, 0.05) is 18.1 Å². The Morgan fingerprint density at radius 3 is 2.42 bits per heavy atom. The number of ether oxygens (including phenoxy) is 1. The number of hydrogen-bond acceptors (Lipinski definition) is 3. The number of nitrogens with one attached hydrogen (secondary N) is 2. The highest BCUT2D eigenvalue weighted by Crippen LogP contribution is 2.34. The highest BCUT2D eigenvalue weighted by atomic mass is 16.6. The minimum absolute atomic E-state index is 0.216. The molecule has 1 aliphatic carbocycles. The SMILES string of the molecule is CC(C)(C)OC(=O)NC1CNC2(CCCCCC2)C1. The molecule has 2 rings (SSSR count). The van der Waals surface area contributed by atoms with E-state index < -0.39 is 5.60 Å². The van der Waals surface area contributed by atoms with Gasteiger partial charge in [0.25, 0.3) is 0 Å². The average Bonchev–Trinajstić information content (AvgIpc) is 2.51. The van der Waals surface area contributed by atoms with Crippen molar-refractivity contribution < 1.29 is 9.53 Å². The summed E-state index contributed by atoms with van der Waals surface area (Å²) in [6, 6.07) is 0.216. The molecule has 2 aliphatic rings. The summed E-state index contributed by atoms with van der Waals surface area (Å²) in [6.45, 7) is 6.56. The summed E-state index contributed by atoms with van der Waals surface area (Å²) in [4.78, 5) is 11.8.